The molecule has 0 saturated carbocycles. The Morgan fingerprint density at radius 2 is 1.67 bits per heavy atom. The number of carbonyl (C=O) groups excluding carboxylic acids is 2. The standard InChI is InChI=1S/C23H29ClN2O4/c1-15(2)21(25-22(27)17-7-9-18(24)10-8-17)23(28)26(3)13-12-16-6-11-19(29-4)20(14-16)30-5/h6-11,14-15,21H,12-13H2,1-5H3,(H,25,27). The zero-order chi connectivity index (χ0) is 22.3. The van der Waals surface area contributed by atoms with Gasteiger partial charge in [0.25, 0.3) is 5.91 Å². The van der Waals surface area contributed by atoms with E-state index in [0.29, 0.717) is 35.1 Å². The molecule has 0 heterocycles. The number of methoxy groups -OCH3 is 2. The number of hydrogen-bond donors (Lipinski definition) is 1. The second-order valence-electron chi connectivity index (χ2n) is 7.40. The molecule has 2 aromatic carbocycles. The molecule has 30 heavy (non-hydrogen) atoms. The minimum absolute atomic E-state index is 0.0581. The molecule has 0 aliphatic carbocycles. The van der Waals surface area contributed by atoms with Crippen molar-refractivity contribution in [3.8, 4) is 11.5 Å². The fourth-order valence-corrected chi connectivity index (χ4v) is 3.15. The molecule has 6 nitrogen and oxygen atoms in total. The SMILES string of the molecule is COc1ccc(CCN(C)C(=O)C(NC(=O)c2ccc(Cl)cc2)C(C)C)cc1OC. The lowest BCUT2D eigenvalue weighted by atomic mass is 10.0. The number of rotatable bonds is 9. The predicted molar refractivity (Wildman–Crippen MR) is 118 cm³/mol. The third-order valence-electron chi connectivity index (χ3n) is 4.89. The lowest BCUT2D eigenvalue weighted by Crippen LogP contribution is -2.50. The molecule has 1 unspecified atom stereocenters. The highest BCUT2D eigenvalue weighted by Gasteiger charge is 2.27. The van der Waals surface area contributed by atoms with Crippen molar-refractivity contribution in [1.29, 1.82) is 0 Å². The number of benzene rings is 2. The fraction of sp³-hybridized carbons (Fsp3) is 0.391. The van der Waals surface area contributed by atoms with Crippen LogP contribution in [0.3, 0.4) is 0 Å². The van der Waals surface area contributed by atoms with Crippen molar-refractivity contribution in [1.82, 2.24) is 10.2 Å². The summed E-state index contributed by atoms with van der Waals surface area (Å²) in [5.74, 6) is 0.826. The Kier molecular flexibility index (Phi) is 8.54. The minimum Gasteiger partial charge on any atom is -0.493 e. The molecule has 1 atom stereocenters. The molecule has 0 aromatic heterocycles. The first-order valence-corrected chi connectivity index (χ1v) is 10.2. The van der Waals surface area contributed by atoms with Crippen molar-refractivity contribution < 1.29 is 19.1 Å². The minimum atomic E-state index is -0.622. The van der Waals surface area contributed by atoms with Crippen LogP contribution in [0.1, 0.15) is 29.8 Å². The molecular formula is C23H29ClN2O4. The maximum absolute atomic E-state index is 13.0. The molecule has 2 aromatic rings. The average molecular weight is 433 g/mol. The number of nitrogens with zero attached hydrogens (tertiary/aromatic N) is 1. The van der Waals surface area contributed by atoms with Crippen LogP contribution in [0.15, 0.2) is 42.5 Å². The van der Waals surface area contributed by atoms with Gasteiger partial charge in [0, 0.05) is 24.2 Å². The third-order valence-corrected chi connectivity index (χ3v) is 5.14. The Morgan fingerprint density at radius 1 is 1.03 bits per heavy atom. The van der Waals surface area contributed by atoms with Crippen LogP contribution in [-0.4, -0.2) is 50.6 Å². The van der Waals surface area contributed by atoms with Crippen molar-refractivity contribution in [2.45, 2.75) is 26.3 Å². The Labute approximate surface area is 183 Å². The zero-order valence-electron chi connectivity index (χ0n) is 18.1. The summed E-state index contributed by atoms with van der Waals surface area (Å²) in [6.07, 6.45) is 0.651. The molecule has 162 valence electrons. The summed E-state index contributed by atoms with van der Waals surface area (Å²) in [5.41, 5.74) is 1.49. The highest BCUT2D eigenvalue weighted by molar-refractivity contribution is 6.30. The topological polar surface area (TPSA) is 67.9 Å². The third kappa shape index (κ3) is 6.13. The number of likely N-dealkylation sites (N-methyl/N-ethyl adjacent to an activating group) is 1. The van der Waals surface area contributed by atoms with E-state index >= 15 is 0 Å². The Hall–Kier alpha value is -2.73. The molecule has 0 aliphatic rings. The van der Waals surface area contributed by atoms with E-state index in [1.807, 2.05) is 32.0 Å². The quantitative estimate of drug-likeness (QED) is 0.654. The molecule has 0 bridgehead atoms. The Bertz CT molecular complexity index is 868. The first-order chi connectivity index (χ1) is 14.3. The lowest BCUT2D eigenvalue weighted by Gasteiger charge is -2.27. The number of hydrogen-bond acceptors (Lipinski definition) is 4. The molecule has 0 spiro atoms. The van der Waals surface area contributed by atoms with E-state index in [9.17, 15) is 9.59 Å². The summed E-state index contributed by atoms with van der Waals surface area (Å²) in [5, 5.41) is 3.41. The molecule has 2 amide bonds. The maximum Gasteiger partial charge on any atom is 0.251 e. The van der Waals surface area contributed by atoms with Gasteiger partial charge in [-0.3, -0.25) is 9.59 Å². The number of carbonyl (C=O) groups is 2. The van der Waals surface area contributed by atoms with Gasteiger partial charge in [0.1, 0.15) is 6.04 Å². The van der Waals surface area contributed by atoms with Gasteiger partial charge in [-0.25, -0.2) is 0 Å². The van der Waals surface area contributed by atoms with Crippen molar-refractivity contribution in [2.24, 2.45) is 5.92 Å². The number of nitrogens with one attached hydrogen (secondary N) is 1. The van der Waals surface area contributed by atoms with Gasteiger partial charge in [-0.1, -0.05) is 31.5 Å². The number of ether oxygens (including phenoxy) is 2. The largest absolute Gasteiger partial charge is 0.493 e. The highest BCUT2D eigenvalue weighted by Crippen LogP contribution is 2.27. The molecular weight excluding hydrogens is 404 g/mol. The van der Waals surface area contributed by atoms with Gasteiger partial charge >= 0.3 is 0 Å². The van der Waals surface area contributed by atoms with Crippen LogP contribution in [0.5, 0.6) is 11.5 Å². The second kappa shape index (κ2) is 10.9. The maximum atomic E-state index is 13.0. The summed E-state index contributed by atoms with van der Waals surface area (Å²) in [7, 11) is 4.93. The van der Waals surface area contributed by atoms with Crippen molar-refractivity contribution >= 4 is 23.4 Å². The molecule has 0 radical (unpaired) electrons. The van der Waals surface area contributed by atoms with Crippen LogP contribution < -0.4 is 14.8 Å². The summed E-state index contributed by atoms with van der Waals surface area (Å²) in [6, 6.07) is 11.7. The van der Waals surface area contributed by atoms with Crippen LogP contribution in [-0.2, 0) is 11.2 Å². The monoisotopic (exact) mass is 432 g/mol. The first kappa shape index (κ1) is 23.5. The van der Waals surface area contributed by atoms with E-state index in [2.05, 4.69) is 5.32 Å². The van der Waals surface area contributed by atoms with Crippen LogP contribution in [0, 0.1) is 5.92 Å². The molecule has 7 heteroatoms. The van der Waals surface area contributed by atoms with Gasteiger partial charge in [0.15, 0.2) is 11.5 Å². The van der Waals surface area contributed by atoms with Gasteiger partial charge in [0.2, 0.25) is 5.91 Å². The Balaban J connectivity index is 2.02. The highest BCUT2D eigenvalue weighted by atomic mass is 35.5. The van der Waals surface area contributed by atoms with Crippen molar-refractivity contribution in [3.63, 3.8) is 0 Å². The van der Waals surface area contributed by atoms with Crippen molar-refractivity contribution in [2.75, 3.05) is 27.8 Å². The molecule has 0 fully saturated rings. The zero-order valence-corrected chi connectivity index (χ0v) is 18.8. The molecule has 0 saturated heterocycles. The van der Waals surface area contributed by atoms with E-state index in [4.69, 9.17) is 21.1 Å². The summed E-state index contributed by atoms with van der Waals surface area (Å²) < 4.78 is 10.6. The van der Waals surface area contributed by atoms with Crippen LogP contribution in [0.2, 0.25) is 5.02 Å². The predicted octanol–water partition coefficient (Wildman–Crippen LogP) is 3.81. The first-order valence-electron chi connectivity index (χ1n) is 9.79. The van der Waals surface area contributed by atoms with Crippen LogP contribution in [0.4, 0.5) is 0 Å². The van der Waals surface area contributed by atoms with Crippen LogP contribution in [0.25, 0.3) is 0 Å². The second-order valence-corrected chi connectivity index (χ2v) is 7.84. The Morgan fingerprint density at radius 3 is 2.23 bits per heavy atom. The summed E-state index contributed by atoms with van der Waals surface area (Å²) in [4.78, 5) is 27.2. The lowest BCUT2D eigenvalue weighted by molar-refractivity contribution is -0.133. The fourth-order valence-electron chi connectivity index (χ4n) is 3.02. The van der Waals surface area contributed by atoms with E-state index in [1.54, 1.807) is 50.4 Å². The van der Waals surface area contributed by atoms with Crippen molar-refractivity contribution in [3.05, 3.63) is 58.6 Å². The number of halogens is 1. The van der Waals surface area contributed by atoms with Crippen LogP contribution >= 0.6 is 11.6 Å². The summed E-state index contributed by atoms with van der Waals surface area (Å²) >= 11 is 5.88. The normalized spacial score (nSPS) is 11.7. The average Bonchev–Trinajstić information content (AvgIpc) is 2.75. The van der Waals surface area contributed by atoms with E-state index < -0.39 is 6.04 Å². The van der Waals surface area contributed by atoms with E-state index in [-0.39, 0.29) is 17.7 Å². The summed E-state index contributed by atoms with van der Waals surface area (Å²) in [6.45, 7) is 4.33. The van der Waals surface area contributed by atoms with Gasteiger partial charge in [-0.05, 0) is 54.3 Å². The molecule has 0 aliphatic heterocycles. The smallest absolute Gasteiger partial charge is 0.251 e. The molecule has 2 rings (SSSR count). The van der Waals surface area contributed by atoms with Gasteiger partial charge in [-0.2, -0.15) is 0 Å². The molecule has 1 N–H and O–H groups in total. The number of amides is 2. The van der Waals surface area contributed by atoms with E-state index in [1.165, 1.54) is 0 Å². The van der Waals surface area contributed by atoms with E-state index in [0.717, 1.165) is 5.56 Å². The van der Waals surface area contributed by atoms with Gasteiger partial charge in [0.05, 0.1) is 14.2 Å². The van der Waals surface area contributed by atoms with Gasteiger partial charge in [-0.15, -0.1) is 0 Å². The van der Waals surface area contributed by atoms with Gasteiger partial charge < -0.3 is 19.7 Å².